The molecule has 0 radical (unpaired) electrons. The number of alkyl halides is 3. The van der Waals surface area contributed by atoms with Gasteiger partial charge in [-0.25, -0.2) is 9.97 Å². The highest BCUT2D eigenvalue weighted by Crippen LogP contribution is 2.33. The third kappa shape index (κ3) is 3.96. The molecule has 0 saturated heterocycles. The first-order chi connectivity index (χ1) is 14.1. The number of halogens is 5. The van der Waals surface area contributed by atoms with Crippen LogP contribution in [0.15, 0.2) is 47.3 Å². The maximum absolute atomic E-state index is 13.1. The molecule has 4 rings (SSSR count). The van der Waals surface area contributed by atoms with E-state index in [1.165, 1.54) is 4.57 Å². The maximum atomic E-state index is 13.1. The van der Waals surface area contributed by atoms with Gasteiger partial charge in [-0.15, -0.1) is 0 Å². The standard InChI is InChI=1S/C20H16BrClF3N5/c1-11(2)30-10-16(20(23,24)25)27-17(30)13-5-3-12(4-6-13)8-29-9-15(21)14-7-26-19(22)28-18(14)29/h3-7,9-11H,8H2,1-2H3. The van der Waals surface area contributed by atoms with Crippen LogP contribution in [0.25, 0.3) is 22.4 Å². The van der Waals surface area contributed by atoms with E-state index in [1.54, 1.807) is 18.3 Å². The van der Waals surface area contributed by atoms with Crippen molar-refractivity contribution in [2.75, 3.05) is 0 Å². The van der Waals surface area contributed by atoms with Crippen molar-refractivity contribution < 1.29 is 13.2 Å². The van der Waals surface area contributed by atoms with Crippen molar-refractivity contribution in [3.63, 3.8) is 0 Å². The van der Waals surface area contributed by atoms with E-state index < -0.39 is 11.9 Å². The van der Waals surface area contributed by atoms with E-state index >= 15 is 0 Å². The molecule has 10 heteroatoms. The van der Waals surface area contributed by atoms with Gasteiger partial charge in [-0.3, -0.25) is 0 Å². The zero-order valence-corrected chi connectivity index (χ0v) is 18.3. The van der Waals surface area contributed by atoms with Crippen LogP contribution < -0.4 is 0 Å². The van der Waals surface area contributed by atoms with Crippen LogP contribution in [0.2, 0.25) is 5.28 Å². The van der Waals surface area contributed by atoms with E-state index in [0.717, 1.165) is 21.6 Å². The minimum atomic E-state index is -4.49. The number of imidazole rings is 1. The molecule has 1 aromatic carbocycles. The summed E-state index contributed by atoms with van der Waals surface area (Å²) in [6, 6.07) is 7.13. The number of rotatable bonds is 4. The molecule has 0 bridgehead atoms. The SMILES string of the molecule is CC(C)n1cc(C(F)(F)F)nc1-c1ccc(Cn2cc(Br)c3cnc(Cl)nc32)cc1. The first-order valence-electron chi connectivity index (χ1n) is 9.05. The Hall–Kier alpha value is -2.39. The number of benzene rings is 1. The van der Waals surface area contributed by atoms with Gasteiger partial charge in [0.25, 0.3) is 0 Å². The lowest BCUT2D eigenvalue weighted by Gasteiger charge is -2.12. The molecule has 0 spiro atoms. The molecule has 0 unspecified atom stereocenters. The van der Waals surface area contributed by atoms with Crippen molar-refractivity contribution in [3.8, 4) is 11.4 Å². The zero-order chi connectivity index (χ0) is 21.6. The monoisotopic (exact) mass is 497 g/mol. The van der Waals surface area contributed by atoms with Crippen LogP contribution in [-0.4, -0.2) is 24.1 Å². The van der Waals surface area contributed by atoms with Gasteiger partial charge >= 0.3 is 6.18 Å². The van der Waals surface area contributed by atoms with E-state index in [0.29, 0.717) is 17.8 Å². The molecular weight excluding hydrogens is 483 g/mol. The Morgan fingerprint density at radius 2 is 1.80 bits per heavy atom. The average molecular weight is 499 g/mol. The van der Waals surface area contributed by atoms with Gasteiger partial charge in [0.15, 0.2) is 5.69 Å². The number of hydrogen-bond donors (Lipinski definition) is 0. The summed E-state index contributed by atoms with van der Waals surface area (Å²) in [6.07, 6.45) is 0.116. The van der Waals surface area contributed by atoms with Crippen molar-refractivity contribution in [3.05, 3.63) is 63.9 Å². The lowest BCUT2D eigenvalue weighted by atomic mass is 10.1. The molecule has 0 N–H and O–H groups in total. The second-order valence-corrected chi connectivity index (χ2v) is 8.32. The van der Waals surface area contributed by atoms with Crippen molar-refractivity contribution in [1.29, 1.82) is 0 Å². The molecule has 3 heterocycles. The highest BCUT2D eigenvalue weighted by atomic mass is 79.9. The summed E-state index contributed by atoms with van der Waals surface area (Å²) in [5.41, 5.74) is 1.37. The van der Waals surface area contributed by atoms with Crippen LogP contribution in [0.4, 0.5) is 13.2 Å². The first kappa shape index (κ1) is 20.9. The molecule has 0 atom stereocenters. The fraction of sp³-hybridized carbons (Fsp3) is 0.250. The van der Waals surface area contributed by atoms with Crippen LogP contribution >= 0.6 is 27.5 Å². The highest BCUT2D eigenvalue weighted by Gasteiger charge is 2.35. The largest absolute Gasteiger partial charge is 0.434 e. The quantitative estimate of drug-likeness (QED) is 0.308. The molecule has 0 amide bonds. The van der Waals surface area contributed by atoms with Crippen molar-refractivity contribution in [1.82, 2.24) is 24.1 Å². The summed E-state index contributed by atoms with van der Waals surface area (Å²) in [4.78, 5) is 12.1. The second kappa shape index (κ2) is 7.70. The lowest BCUT2D eigenvalue weighted by Crippen LogP contribution is -2.05. The fourth-order valence-electron chi connectivity index (χ4n) is 3.22. The molecule has 4 aromatic rings. The highest BCUT2D eigenvalue weighted by molar-refractivity contribution is 9.10. The number of aromatic nitrogens is 5. The molecule has 0 fully saturated rings. The summed E-state index contributed by atoms with van der Waals surface area (Å²) >= 11 is 9.42. The van der Waals surface area contributed by atoms with Crippen LogP contribution in [0.1, 0.15) is 31.1 Å². The third-order valence-corrected chi connectivity index (χ3v) is 5.50. The zero-order valence-electron chi connectivity index (χ0n) is 16.0. The van der Waals surface area contributed by atoms with Crippen molar-refractivity contribution >= 4 is 38.6 Å². The van der Waals surface area contributed by atoms with E-state index in [1.807, 2.05) is 36.7 Å². The summed E-state index contributed by atoms with van der Waals surface area (Å²) in [5.74, 6) is 0.289. The van der Waals surface area contributed by atoms with E-state index in [9.17, 15) is 13.2 Å². The van der Waals surface area contributed by atoms with E-state index in [2.05, 4.69) is 30.9 Å². The molecule has 30 heavy (non-hydrogen) atoms. The van der Waals surface area contributed by atoms with E-state index in [4.69, 9.17) is 11.6 Å². The second-order valence-electron chi connectivity index (χ2n) is 7.13. The van der Waals surface area contributed by atoms with Gasteiger partial charge in [-0.2, -0.15) is 18.2 Å². The van der Waals surface area contributed by atoms with Crippen molar-refractivity contribution in [2.24, 2.45) is 0 Å². The van der Waals surface area contributed by atoms with Gasteiger partial charge in [-0.1, -0.05) is 24.3 Å². The Bertz CT molecular complexity index is 1210. The van der Waals surface area contributed by atoms with Crippen LogP contribution in [-0.2, 0) is 12.7 Å². The van der Waals surface area contributed by atoms with Gasteiger partial charge in [-0.05, 0) is 46.9 Å². The molecule has 5 nitrogen and oxygen atoms in total. The van der Waals surface area contributed by atoms with Crippen LogP contribution in [0, 0.1) is 0 Å². The maximum Gasteiger partial charge on any atom is 0.434 e. The topological polar surface area (TPSA) is 48.5 Å². The number of hydrogen-bond acceptors (Lipinski definition) is 3. The Kier molecular flexibility index (Phi) is 5.36. The van der Waals surface area contributed by atoms with Gasteiger partial charge < -0.3 is 9.13 Å². The Morgan fingerprint density at radius 1 is 1.10 bits per heavy atom. The van der Waals surface area contributed by atoms with Gasteiger partial charge in [0.2, 0.25) is 5.28 Å². The smallest absolute Gasteiger partial charge is 0.328 e. The fourth-order valence-corrected chi connectivity index (χ4v) is 3.88. The van der Waals surface area contributed by atoms with Crippen LogP contribution in [0.3, 0.4) is 0 Å². The minimum absolute atomic E-state index is 0.156. The molecule has 0 saturated carbocycles. The molecule has 0 aliphatic carbocycles. The van der Waals surface area contributed by atoms with Gasteiger partial charge in [0.05, 0.1) is 5.39 Å². The molecule has 0 aliphatic rings. The Balaban J connectivity index is 1.66. The van der Waals surface area contributed by atoms with Gasteiger partial charge in [0, 0.05) is 41.2 Å². The molecule has 0 aliphatic heterocycles. The predicted molar refractivity (Wildman–Crippen MR) is 112 cm³/mol. The summed E-state index contributed by atoms with van der Waals surface area (Å²) < 4.78 is 43.7. The Labute approximate surface area is 183 Å². The van der Waals surface area contributed by atoms with E-state index in [-0.39, 0.29) is 17.1 Å². The van der Waals surface area contributed by atoms with Gasteiger partial charge in [0.1, 0.15) is 11.5 Å². The minimum Gasteiger partial charge on any atom is -0.328 e. The number of nitrogens with zero attached hydrogens (tertiary/aromatic N) is 5. The first-order valence-corrected chi connectivity index (χ1v) is 10.2. The predicted octanol–water partition coefficient (Wildman–Crippen LogP) is 6.36. The molecular formula is C20H16BrClF3N5. The van der Waals surface area contributed by atoms with Crippen molar-refractivity contribution in [2.45, 2.75) is 32.6 Å². The normalized spacial score (nSPS) is 12.3. The summed E-state index contributed by atoms with van der Waals surface area (Å²) in [5, 5.41) is 1.00. The molecule has 156 valence electrons. The summed E-state index contributed by atoms with van der Waals surface area (Å²) in [7, 11) is 0. The third-order valence-electron chi connectivity index (χ3n) is 4.68. The van der Waals surface area contributed by atoms with Crippen LogP contribution in [0.5, 0.6) is 0 Å². The summed E-state index contributed by atoms with van der Waals surface area (Å²) in [6.45, 7) is 4.16. The Morgan fingerprint density at radius 3 is 2.43 bits per heavy atom. The average Bonchev–Trinajstić information content (AvgIpc) is 3.25. The number of fused-ring (bicyclic) bond motifs is 1. The molecule has 3 aromatic heterocycles. The lowest BCUT2D eigenvalue weighted by molar-refractivity contribution is -0.140.